The summed E-state index contributed by atoms with van der Waals surface area (Å²) in [5.41, 5.74) is 2.89. The Labute approximate surface area is 201 Å². The van der Waals surface area contributed by atoms with Crippen molar-refractivity contribution in [2.75, 3.05) is 32.6 Å². The van der Waals surface area contributed by atoms with Crippen LogP contribution >= 0.6 is 11.8 Å². The molecule has 0 bridgehead atoms. The number of likely N-dealkylation sites (N-methyl/N-ethyl adjacent to an activating group) is 1. The van der Waals surface area contributed by atoms with E-state index in [4.69, 9.17) is 4.42 Å². The van der Waals surface area contributed by atoms with Gasteiger partial charge in [0.2, 0.25) is 10.0 Å². The molecule has 0 aliphatic carbocycles. The fourth-order valence-corrected chi connectivity index (χ4v) is 4.68. The number of hydrogen-bond acceptors (Lipinski definition) is 7. The minimum Gasteiger partial charge on any atom is -0.431 e. The molecule has 2 atom stereocenters. The second-order valence-corrected chi connectivity index (χ2v) is 11.0. The Morgan fingerprint density at radius 3 is 2.27 bits per heavy atom. The Kier molecular flexibility index (Phi) is 10.9. The number of aliphatic hydroxyl groups excluding tert-OH is 1. The van der Waals surface area contributed by atoms with E-state index >= 15 is 0 Å². The van der Waals surface area contributed by atoms with Gasteiger partial charge in [-0.25, -0.2) is 13.4 Å². The molecule has 0 spiro atoms. The molecule has 9 heteroatoms. The van der Waals surface area contributed by atoms with E-state index in [-0.39, 0.29) is 18.5 Å². The maximum atomic E-state index is 11.9. The lowest BCUT2D eigenvalue weighted by molar-refractivity contribution is 0.105. The van der Waals surface area contributed by atoms with Crippen LogP contribution in [0.4, 0.5) is 0 Å². The molecule has 0 radical (unpaired) electrons. The minimum absolute atomic E-state index is 0.107. The summed E-state index contributed by atoms with van der Waals surface area (Å²) in [6.07, 6.45) is 3.02. The van der Waals surface area contributed by atoms with Gasteiger partial charge in [0.05, 0.1) is 12.4 Å². The van der Waals surface area contributed by atoms with Crippen LogP contribution in [-0.4, -0.2) is 67.6 Å². The Morgan fingerprint density at radius 2 is 1.73 bits per heavy atom. The third-order valence-electron chi connectivity index (χ3n) is 5.01. The number of benzene rings is 2. The highest BCUT2D eigenvalue weighted by Crippen LogP contribution is 2.20. The molecule has 1 aromatic heterocycles. The highest BCUT2D eigenvalue weighted by Gasteiger charge is 2.26. The van der Waals surface area contributed by atoms with Crippen LogP contribution in [0.5, 0.6) is 0 Å². The summed E-state index contributed by atoms with van der Waals surface area (Å²) in [5, 5.41) is 14.3. The van der Waals surface area contributed by atoms with Crippen molar-refractivity contribution in [3.63, 3.8) is 0 Å². The number of rotatable bonds is 10. The van der Waals surface area contributed by atoms with Crippen molar-refractivity contribution in [3.8, 4) is 0 Å². The molecule has 7 nitrogen and oxygen atoms in total. The number of nitrogens with zero attached hydrogens (tertiary/aromatic N) is 2. The van der Waals surface area contributed by atoms with Crippen molar-refractivity contribution in [2.24, 2.45) is 5.92 Å². The van der Waals surface area contributed by atoms with Crippen LogP contribution in [0.25, 0.3) is 11.1 Å². The predicted molar refractivity (Wildman–Crippen MR) is 136 cm³/mol. The summed E-state index contributed by atoms with van der Waals surface area (Å²) >= 11 is 1.52. The number of aromatic nitrogens is 1. The smallest absolute Gasteiger partial charge is 0.256 e. The summed E-state index contributed by atoms with van der Waals surface area (Å²) in [7, 11) is -1.54. The molecule has 0 amide bonds. The van der Waals surface area contributed by atoms with E-state index < -0.39 is 16.1 Å². The second-order valence-electron chi connectivity index (χ2n) is 8.28. The van der Waals surface area contributed by atoms with Crippen molar-refractivity contribution in [1.82, 2.24) is 14.6 Å². The molecule has 0 fully saturated rings. The van der Waals surface area contributed by atoms with Gasteiger partial charge in [0, 0.05) is 19.1 Å². The van der Waals surface area contributed by atoms with Gasteiger partial charge >= 0.3 is 0 Å². The van der Waals surface area contributed by atoms with E-state index in [1.165, 1.54) is 22.3 Å². The number of fused-ring (bicyclic) bond motifs is 1. The third kappa shape index (κ3) is 9.10. The predicted octanol–water partition coefficient (Wildman–Crippen LogP) is 3.65. The highest BCUT2D eigenvalue weighted by atomic mass is 32.2. The van der Waals surface area contributed by atoms with E-state index in [9.17, 15) is 13.5 Å². The van der Waals surface area contributed by atoms with Crippen LogP contribution in [0.15, 0.2) is 64.2 Å². The van der Waals surface area contributed by atoms with Crippen molar-refractivity contribution in [2.45, 2.75) is 37.6 Å². The molecule has 3 rings (SSSR count). The Hall–Kier alpha value is -1.91. The number of para-hydroxylation sites is 2. The number of aliphatic hydroxyl groups is 1. The lowest BCUT2D eigenvalue weighted by Gasteiger charge is -2.29. The number of nitrogens with one attached hydrogen (secondary N) is 1. The first-order valence-corrected chi connectivity index (χ1v) is 13.9. The quantitative estimate of drug-likeness (QED) is 0.416. The molecule has 1 heterocycles. The van der Waals surface area contributed by atoms with E-state index in [0.717, 1.165) is 21.9 Å². The van der Waals surface area contributed by atoms with Gasteiger partial charge in [0.15, 0.2) is 5.58 Å². The molecule has 0 saturated carbocycles. The van der Waals surface area contributed by atoms with Gasteiger partial charge in [-0.1, -0.05) is 68.1 Å². The molecule has 0 aliphatic heterocycles. The number of hydrogen-bond donors (Lipinski definition) is 2. The van der Waals surface area contributed by atoms with Crippen LogP contribution in [0.1, 0.15) is 19.4 Å². The molecular weight excluding hydrogens is 458 g/mol. The minimum atomic E-state index is -3.32. The maximum Gasteiger partial charge on any atom is 0.256 e. The van der Waals surface area contributed by atoms with E-state index in [2.05, 4.69) is 10.3 Å². The van der Waals surface area contributed by atoms with Crippen molar-refractivity contribution in [1.29, 1.82) is 0 Å². The van der Waals surface area contributed by atoms with Crippen molar-refractivity contribution >= 4 is 32.9 Å². The topological polar surface area (TPSA) is 95.7 Å². The molecular formula is C24H35N3O4S2. The van der Waals surface area contributed by atoms with E-state index in [0.29, 0.717) is 13.0 Å². The molecule has 0 saturated heterocycles. The maximum absolute atomic E-state index is 11.9. The Bertz CT molecular complexity index is 1040. The number of oxazole rings is 1. The van der Waals surface area contributed by atoms with Crippen LogP contribution in [-0.2, 0) is 16.4 Å². The average molecular weight is 494 g/mol. The summed E-state index contributed by atoms with van der Waals surface area (Å²) in [6.45, 7) is 4.45. The Balaban J connectivity index is 0.000000288. The lowest BCUT2D eigenvalue weighted by atomic mass is 10.0. The van der Waals surface area contributed by atoms with Crippen LogP contribution in [0, 0.1) is 5.92 Å². The zero-order valence-electron chi connectivity index (χ0n) is 19.9. The van der Waals surface area contributed by atoms with Gasteiger partial charge in [0.25, 0.3) is 5.22 Å². The largest absolute Gasteiger partial charge is 0.431 e. The molecule has 3 aromatic rings. The summed E-state index contributed by atoms with van der Waals surface area (Å²) < 4.78 is 30.5. The first-order valence-electron chi connectivity index (χ1n) is 10.9. The van der Waals surface area contributed by atoms with Crippen molar-refractivity contribution < 1.29 is 17.9 Å². The SMILES string of the molecule is CNC(Cc1ccccc1)C(O)CN(CC(C)C)S(C)(=O)=O.CSc1nc2ccccc2o1. The van der Waals surface area contributed by atoms with Crippen LogP contribution in [0.2, 0.25) is 0 Å². The number of sulfonamides is 1. The van der Waals surface area contributed by atoms with Gasteiger partial charge in [-0.3, -0.25) is 0 Å². The second kappa shape index (κ2) is 13.1. The first kappa shape index (κ1) is 27.3. The first-order chi connectivity index (χ1) is 15.6. The van der Waals surface area contributed by atoms with Gasteiger partial charge in [-0.15, -0.1) is 0 Å². The zero-order valence-corrected chi connectivity index (χ0v) is 21.6. The third-order valence-corrected chi connectivity index (χ3v) is 6.77. The van der Waals surface area contributed by atoms with Crippen LogP contribution < -0.4 is 5.32 Å². The van der Waals surface area contributed by atoms with Gasteiger partial charge in [-0.2, -0.15) is 4.31 Å². The molecule has 0 aliphatic rings. The summed E-state index contributed by atoms with van der Waals surface area (Å²) in [6, 6.07) is 17.4. The van der Waals surface area contributed by atoms with Gasteiger partial charge in [0.1, 0.15) is 5.52 Å². The lowest BCUT2D eigenvalue weighted by Crippen LogP contribution is -2.48. The molecule has 2 aromatic carbocycles. The zero-order chi connectivity index (χ0) is 24.4. The summed E-state index contributed by atoms with van der Waals surface area (Å²) in [5.74, 6) is 0.212. The van der Waals surface area contributed by atoms with Crippen LogP contribution in [0.3, 0.4) is 0 Å². The standard InChI is InChI=1S/C16H28N2O3S.C8H7NOS/c1-13(2)11-18(22(4,20)21)12-16(19)15(17-3)10-14-8-6-5-7-9-14;1-11-8-9-6-4-2-3-5-7(6)10-8/h5-9,13,15-17,19H,10-12H2,1-4H3;2-5H,1H3. The molecule has 33 heavy (non-hydrogen) atoms. The molecule has 2 unspecified atom stereocenters. The van der Waals surface area contributed by atoms with Gasteiger partial charge < -0.3 is 14.8 Å². The summed E-state index contributed by atoms with van der Waals surface area (Å²) in [4.78, 5) is 4.23. The fraction of sp³-hybridized carbons (Fsp3) is 0.458. The van der Waals surface area contributed by atoms with E-state index in [1.54, 1.807) is 7.05 Å². The monoisotopic (exact) mass is 493 g/mol. The fourth-order valence-electron chi connectivity index (χ4n) is 3.33. The normalized spacial score (nSPS) is 13.7. The Morgan fingerprint density at radius 1 is 1.09 bits per heavy atom. The molecule has 2 N–H and O–H groups in total. The van der Waals surface area contributed by atoms with Crippen molar-refractivity contribution in [3.05, 3.63) is 60.2 Å². The molecule has 182 valence electrons. The highest BCUT2D eigenvalue weighted by molar-refractivity contribution is 7.98. The number of thioether (sulfide) groups is 1. The average Bonchev–Trinajstić information content (AvgIpc) is 3.20. The van der Waals surface area contributed by atoms with E-state index in [1.807, 2.05) is 74.7 Å². The van der Waals surface area contributed by atoms with Gasteiger partial charge in [-0.05, 0) is 43.3 Å².